The second kappa shape index (κ2) is 6.37. The molecule has 9 heteroatoms. The van der Waals surface area contributed by atoms with E-state index < -0.39 is 0 Å². The van der Waals surface area contributed by atoms with E-state index in [1.807, 2.05) is 20.8 Å². The molecule has 0 saturated carbocycles. The highest BCUT2D eigenvalue weighted by molar-refractivity contribution is 5.74. The minimum atomic E-state index is -0.313. The first-order chi connectivity index (χ1) is 10.3. The first-order valence-electron chi connectivity index (χ1n) is 6.84. The molecule has 0 unspecified atom stereocenters. The number of carbonyl (C=O) groups is 1. The van der Waals surface area contributed by atoms with Gasteiger partial charge in [0.1, 0.15) is 12.7 Å². The van der Waals surface area contributed by atoms with Gasteiger partial charge in [-0.15, -0.1) is 5.10 Å². The molecule has 2 aromatic heterocycles. The average molecular weight is 305 g/mol. The number of nitrogens with one attached hydrogen (secondary N) is 2. The third kappa shape index (κ3) is 4.40. The first-order valence-corrected chi connectivity index (χ1v) is 6.84. The first kappa shape index (κ1) is 15.7. The Hall–Kier alpha value is -2.71. The van der Waals surface area contributed by atoms with Gasteiger partial charge in [0.2, 0.25) is 0 Å². The Kier molecular flexibility index (Phi) is 4.54. The minimum absolute atomic E-state index is 0.248. The summed E-state index contributed by atoms with van der Waals surface area (Å²) >= 11 is 0. The zero-order valence-corrected chi connectivity index (χ0v) is 12.8. The molecule has 0 radical (unpaired) electrons. The molecule has 2 rings (SSSR count). The maximum Gasteiger partial charge on any atom is 0.315 e. The molecule has 0 atom stereocenters. The highest BCUT2D eigenvalue weighted by atomic mass is 16.2. The molecule has 0 saturated heterocycles. The number of rotatable bonds is 4. The summed E-state index contributed by atoms with van der Waals surface area (Å²) in [5.74, 6) is 0.483. The van der Waals surface area contributed by atoms with Gasteiger partial charge in [0.15, 0.2) is 5.82 Å². The predicted molar refractivity (Wildman–Crippen MR) is 79.7 cm³/mol. The van der Waals surface area contributed by atoms with E-state index in [4.69, 9.17) is 0 Å². The second-order valence-electron chi connectivity index (χ2n) is 5.72. The van der Waals surface area contributed by atoms with Crippen molar-refractivity contribution in [2.45, 2.75) is 32.9 Å². The molecular formula is C13H19N7O2. The van der Waals surface area contributed by atoms with Crippen molar-refractivity contribution in [2.75, 3.05) is 6.54 Å². The summed E-state index contributed by atoms with van der Waals surface area (Å²) in [5, 5.41) is 13.6. The summed E-state index contributed by atoms with van der Waals surface area (Å²) in [5.41, 5.74) is -0.562. The summed E-state index contributed by atoms with van der Waals surface area (Å²) in [6, 6.07) is 2.68. The van der Waals surface area contributed by atoms with Crippen molar-refractivity contribution < 1.29 is 4.79 Å². The fourth-order valence-corrected chi connectivity index (χ4v) is 1.71. The van der Waals surface area contributed by atoms with Crippen molar-refractivity contribution in [3.8, 4) is 5.82 Å². The lowest BCUT2D eigenvalue weighted by molar-refractivity contribution is 0.231. The lowest BCUT2D eigenvalue weighted by Crippen LogP contribution is -2.47. The van der Waals surface area contributed by atoms with Gasteiger partial charge in [0.05, 0.1) is 6.54 Å². The van der Waals surface area contributed by atoms with E-state index in [2.05, 4.69) is 25.8 Å². The SMILES string of the molecule is CC(C)(C)NC(=O)NCCn1nc(-n2cncn2)ccc1=O. The summed E-state index contributed by atoms with van der Waals surface area (Å²) in [6.45, 7) is 6.22. The van der Waals surface area contributed by atoms with E-state index in [9.17, 15) is 9.59 Å². The van der Waals surface area contributed by atoms with Gasteiger partial charge in [-0.05, 0) is 26.8 Å². The third-order valence-electron chi connectivity index (χ3n) is 2.60. The Morgan fingerprint density at radius 3 is 2.73 bits per heavy atom. The van der Waals surface area contributed by atoms with Crippen LogP contribution in [0.25, 0.3) is 5.82 Å². The van der Waals surface area contributed by atoms with Gasteiger partial charge in [0, 0.05) is 18.2 Å². The van der Waals surface area contributed by atoms with Crippen LogP contribution in [0.4, 0.5) is 4.79 Å². The lowest BCUT2D eigenvalue weighted by atomic mass is 10.1. The van der Waals surface area contributed by atoms with Crippen LogP contribution in [0, 0.1) is 0 Å². The van der Waals surface area contributed by atoms with Gasteiger partial charge in [-0.25, -0.2) is 19.1 Å². The Bertz CT molecular complexity index is 685. The molecular weight excluding hydrogens is 286 g/mol. The Morgan fingerprint density at radius 2 is 2.09 bits per heavy atom. The van der Waals surface area contributed by atoms with Crippen molar-refractivity contribution in [2.24, 2.45) is 0 Å². The van der Waals surface area contributed by atoms with Crippen molar-refractivity contribution in [3.05, 3.63) is 35.1 Å². The van der Waals surface area contributed by atoms with Crippen LogP contribution >= 0.6 is 0 Å². The summed E-state index contributed by atoms with van der Waals surface area (Å²) < 4.78 is 2.73. The van der Waals surface area contributed by atoms with E-state index in [1.165, 1.54) is 28.1 Å². The van der Waals surface area contributed by atoms with Crippen LogP contribution in [0.3, 0.4) is 0 Å². The third-order valence-corrected chi connectivity index (χ3v) is 2.60. The van der Waals surface area contributed by atoms with Crippen LogP contribution in [0.5, 0.6) is 0 Å². The molecule has 2 heterocycles. The number of carbonyl (C=O) groups excluding carboxylic acids is 1. The number of hydrogen-bond acceptors (Lipinski definition) is 5. The molecule has 118 valence electrons. The summed E-state index contributed by atoms with van der Waals surface area (Å²) in [6.07, 6.45) is 2.88. The largest absolute Gasteiger partial charge is 0.336 e. The van der Waals surface area contributed by atoms with Gasteiger partial charge in [0.25, 0.3) is 5.56 Å². The molecule has 22 heavy (non-hydrogen) atoms. The van der Waals surface area contributed by atoms with Crippen molar-refractivity contribution >= 4 is 6.03 Å². The lowest BCUT2D eigenvalue weighted by Gasteiger charge is -2.20. The molecule has 0 spiro atoms. The molecule has 0 fully saturated rings. The van der Waals surface area contributed by atoms with Gasteiger partial charge in [-0.1, -0.05) is 0 Å². The minimum Gasteiger partial charge on any atom is -0.336 e. The van der Waals surface area contributed by atoms with Crippen LogP contribution in [0.2, 0.25) is 0 Å². The fraction of sp³-hybridized carbons (Fsp3) is 0.462. The molecule has 0 aromatic carbocycles. The van der Waals surface area contributed by atoms with E-state index in [0.717, 1.165) is 0 Å². The van der Waals surface area contributed by atoms with E-state index in [0.29, 0.717) is 5.82 Å². The highest BCUT2D eigenvalue weighted by Crippen LogP contribution is 1.98. The number of amides is 2. The zero-order chi connectivity index (χ0) is 16.2. The Morgan fingerprint density at radius 1 is 1.32 bits per heavy atom. The van der Waals surface area contributed by atoms with Gasteiger partial charge < -0.3 is 10.6 Å². The second-order valence-corrected chi connectivity index (χ2v) is 5.72. The summed E-state index contributed by atoms with van der Waals surface area (Å²) in [4.78, 5) is 27.2. The molecule has 2 amide bonds. The van der Waals surface area contributed by atoms with Crippen molar-refractivity contribution in [1.29, 1.82) is 0 Å². The van der Waals surface area contributed by atoms with E-state index in [1.54, 1.807) is 6.07 Å². The van der Waals surface area contributed by atoms with Crippen LogP contribution in [0.15, 0.2) is 29.6 Å². The molecule has 0 aliphatic carbocycles. The topological polar surface area (TPSA) is 107 Å². The molecule has 0 aliphatic heterocycles. The molecule has 2 aromatic rings. The smallest absolute Gasteiger partial charge is 0.315 e. The van der Waals surface area contributed by atoms with Gasteiger partial charge in [-0.2, -0.15) is 5.10 Å². The fourth-order valence-electron chi connectivity index (χ4n) is 1.71. The van der Waals surface area contributed by atoms with E-state index >= 15 is 0 Å². The Labute approximate surface area is 127 Å². The predicted octanol–water partition coefficient (Wildman–Crippen LogP) is -0.0783. The number of nitrogens with zero attached hydrogens (tertiary/aromatic N) is 5. The van der Waals surface area contributed by atoms with Crippen molar-refractivity contribution in [3.63, 3.8) is 0 Å². The zero-order valence-electron chi connectivity index (χ0n) is 12.8. The molecule has 0 aliphatic rings. The molecule has 2 N–H and O–H groups in total. The van der Waals surface area contributed by atoms with Crippen LogP contribution in [-0.2, 0) is 6.54 Å². The average Bonchev–Trinajstić information content (AvgIpc) is 2.92. The van der Waals surface area contributed by atoms with Crippen molar-refractivity contribution in [1.82, 2.24) is 35.2 Å². The maximum atomic E-state index is 11.8. The normalized spacial score (nSPS) is 11.2. The maximum absolute atomic E-state index is 11.8. The van der Waals surface area contributed by atoms with Crippen LogP contribution in [-0.4, -0.2) is 42.7 Å². The van der Waals surface area contributed by atoms with Crippen LogP contribution in [0.1, 0.15) is 20.8 Å². The van der Waals surface area contributed by atoms with Gasteiger partial charge in [-0.3, -0.25) is 4.79 Å². The molecule has 9 nitrogen and oxygen atoms in total. The van der Waals surface area contributed by atoms with Gasteiger partial charge >= 0.3 is 6.03 Å². The number of aromatic nitrogens is 5. The highest BCUT2D eigenvalue weighted by Gasteiger charge is 2.13. The summed E-state index contributed by atoms with van der Waals surface area (Å²) in [7, 11) is 0. The van der Waals surface area contributed by atoms with Crippen LogP contribution < -0.4 is 16.2 Å². The Balaban J connectivity index is 1.97. The van der Waals surface area contributed by atoms with E-state index in [-0.39, 0.29) is 30.2 Å². The molecule has 0 bridgehead atoms. The standard InChI is InChI=1S/C13H19N7O2/c1-13(2,3)17-12(22)15-6-7-19-11(21)5-4-10(18-19)20-9-14-8-16-20/h4-5,8-9H,6-7H2,1-3H3,(H2,15,17,22). The number of hydrogen-bond donors (Lipinski definition) is 2. The quantitative estimate of drug-likeness (QED) is 0.822. The number of urea groups is 1. The monoisotopic (exact) mass is 305 g/mol.